The summed E-state index contributed by atoms with van der Waals surface area (Å²) >= 11 is 0. The summed E-state index contributed by atoms with van der Waals surface area (Å²) in [6.45, 7) is 0.888. The number of likely N-dealkylation sites (N-methyl/N-ethyl adjacent to an activating group) is 1. The highest BCUT2D eigenvalue weighted by Gasteiger charge is 2.28. The lowest BCUT2D eigenvalue weighted by molar-refractivity contribution is -0.133. The Kier molecular flexibility index (Phi) is 4.21. The number of carboxylic acids is 1. The van der Waals surface area contributed by atoms with Crippen LogP contribution in [0.3, 0.4) is 0 Å². The lowest BCUT2D eigenvalue weighted by Gasteiger charge is -2.35. The molecule has 1 unspecified atom stereocenters. The van der Waals surface area contributed by atoms with Gasteiger partial charge < -0.3 is 5.11 Å². The predicted molar refractivity (Wildman–Crippen MR) is 67.9 cm³/mol. The minimum Gasteiger partial charge on any atom is -0.478 e. The molecule has 3 heteroatoms. The molecule has 0 saturated heterocycles. The molecule has 0 aromatic heterocycles. The van der Waals surface area contributed by atoms with E-state index >= 15 is 0 Å². The van der Waals surface area contributed by atoms with Gasteiger partial charge in [-0.2, -0.15) is 0 Å². The lowest BCUT2D eigenvalue weighted by Crippen LogP contribution is -2.40. The molecular weight excluding hydrogens is 214 g/mol. The second-order valence-corrected chi connectivity index (χ2v) is 5.47. The first-order valence-electron chi connectivity index (χ1n) is 6.82. The van der Waals surface area contributed by atoms with Crippen molar-refractivity contribution >= 4 is 5.97 Å². The fourth-order valence-corrected chi connectivity index (χ4v) is 3.19. The average Bonchev–Trinajstić information content (AvgIpc) is 2.58. The highest BCUT2D eigenvalue weighted by molar-refractivity contribution is 5.86. The second kappa shape index (κ2) is 5.67. The minimum atomic E-state index is -0.725. The molecule has 17 heavy (non-hydrogen) atoms. The zero-order chi connectivity index (χ0) is 12.3. The van der Waals surface area contributed by atoms with Crippen molar-refractivity contribution < 1.29 is 9.90 Å². The van der Waals surface area contributed by atoms with Crippen LogP contribution in [0.5, 0.6) is 0 Å². The van der Waals surface area contributed by atoms with E-state index in [9.17, 15) is 4.79 Å². The summed E-state index contributed by atoms with van der Waals surface area (Å²) in [5.74, 6) is -0.0612. The number of aliphatic carboxylic acids is 1. The van der Waals surface area contributed by atoms with Crippen LogP contribution in [0.25, 0.3) is 0 Å². The van der Waals surface area contributed by atoms with E-state index in [4.69, 9.17) is 5.11 Å². The number of rotatable bonds is 2. The van der Waals surface area contributed by atoms with Gasteiger partial charge in [-0.05, 0) is 32.2 Å². The molecule has 96 valence electrons. The van der Waals surface area contributed by atoms with Gasteiger partial charge in [0.2, 0.25) is 0 Å². The molecule has 2 aliphatic rings. The van der Waals surface area contributed by atoms with Crippen LogP contribution in [0.15, 0.2) is 11.6 Å². The van der Waals surface area contributed by atoms with Gasteiger partial charge in [0, 0.05) is 18.2 Å². The Hall–Kier alpha value is -0.830. The first kappa shape index (κ1) is 12.6. The Balaban J connectivity index is 2.10. The van der Waals surface area contributed by atoms with Gasteiger partial charge >= 0.3 is 5.97 Å². The van der Waals surface area contributed by atoms with Crippen LogP contribution in [0, 0.1) is 5.92 Å². The number of carbonyl (C=O) groups is 1. The van der Waals surface area contributed by atoms with E-state index in [-0.39, 0.29) is 0 Å². The van der Waals surface area contributed by atoms with E-state index in [0.717, 1.165) is 6.54 Å². The van der Waals surface area contributed by atoms with Crippen molar-refractivity contribution in [3.8, 4) is 0 Å². The third-order valence-corrected chi connectivity index (χ3v) is 4.27. The van der Waals surface area contributed by atoms with Gasteiger partial charge in [-0.3, -0.25) is 4.90 Å². The molecule has 2 rings (SSSR count). The lowest BCUT2D eigenvalue weighted by atomic mass is 9.87. The predicted octanol–water partition coefficient (Wildman–Crippen LogP) is 2.67. The molecule has 1 atom stereocenters. The van der Waals surface area contributed by atoms with Crippen molar-refractivity contribution in [3.63, 3.8) is 0 Å². The highest BCUT2D eigenvalue weighted by atomic mass is 16.4. The van der Waals surface area contributed by atoms with Crippen LogP contribution in [0.4, 0.5) is 0 Å². The van der Waals surface area contributed by atoms with E-state index < -0.39 is 5.97 Å². The van der Waals surface area contributed by atoms with Gasteiger partial charge in [0.25, 0.3) is 0 Å². The molecule has 1 aliphatic heterocycles. The standard InChI is InChI=1S/C14H23NO2/c1-15-9-8-12(14(16)17)10-13(15)11-6-4-2-3-5-7-11/h10-11,13H,2-9H2,1H3,(H,16,17). The summed E-state index contributed by atoms with van der Waals surface area (Å²) in [4.78, 5) is 13.4. The number of carboxylic acid groups (broad SMARTS) is 1. The summed E-state index contributed by atoms with van der Waals surface area (Å²) < 4.78 is 0. The Morgan fingerprint density at radius 1 is 1.29 bits per heavy atom. The van der Waals surface area contributed by atoms with Crippen molar-refractivity contribution in [1.29, 1.82) is 0 Å². The fraction of sp³-hybridized carbons (Fsp3) is 0.786. The quantitative estimate of drug-likeness (QED) is 0.751. The Morgan fingerprint density at radius 3 is 2.53 bits per heavy atom. The summed E-state index contributed by atoms with van der Waals surface area (Å²) in [7, 11) is 2.13. The zero-order valence-electron chi connectivity index (χ0n) is 10.7. The Bertz CT molecular complexity index is 303. The molecule has 1 heterocycles. The molecule has 0 radical (unpaired) electrons. The molecule has 0 amide bonds. The SMILES string of the molecule is CN1CCC(C(=O)O)=CC1C1CCCCCC1. The molecule has 0 aromatic rings. The van der Waals surface area contributed by atoms with Crippen LogP contribution < -0.4 is 0 Å². The van der Waals surface area contributed by atoms with Crippen molar-refractivity contribution in [3.05, 3.63) is 11.6 Å². The van der Waals surface area contributed by atoms with E-state index in [2.05, 4.69) is 11.9 Å². The molecule has 1 N–H and O–H groups in total. The minimum absolute atomic E-state index is 0.355. The third kappa shape index (κ3) is 3.09. The first-order chi connectivity index (χ1) is 8.18. The Morgan fingerprint density at radius 2 is 1.94 bits per heavy atom. The smallest absolute Gasteiger partial charge is 0.331 e. The van der Waals surface area contributed by atoms with Crippen molar-refractivity contribution in [2.24, 2.45) is 5.92 Å². The molecular formula is C14H23NO2. The maximum atomic E-state index is 11.1. The van der Waals surface area contributed by atoms with Crippen LogP contribution >= 0.6 is 0 Å². The summed E-state index contributed by atoms with van der Waals surface area (Å²) in [6, 6.07) is 0.355. The number of hydrogen-bond acceptors (Lipinski definition) is 2. The summed E-state index contributed by atoms with van der Waals surface area (Å²) in [5, 5.41) is 9.11. The molecule has 0 aromatic carbocycles. The maximum absolute atomic E-state index is 11.1. The van der Waals surface area contributed by atoms with Gasteiger partial charge in [-0.25, -0.2) is 4.79 Å². The fourth-order valence-electron chi connectivity index (χ4n) is 3.19. The highest BCUT2D eigenvalue weighted by Crippen LogP contribution is 2.31. The monoisotopic (exact) mass is 237 g/mol. The van der Waals surface area contributed by atoms with Crippen molar-refractivity contribution in [1.82, 2.24) is 4.90 Å². The largest absolute Gasteiger partial charge is 0.478 e. The van der Waals surface area contributed by atoms with E-state index in [1.807, 2.05) is 6.08 Å². The van der Waals surface area contributed by atoms with E-state index in [1.165, 1.54) is 38.5 Å². The van der Waals surface area contributed by atoms with Gasteiger partial charge in [0.15, 0.2) is 0 Å². The normalized spacial score (nSPS) is 28.5. The van der Waals surface area contributed by atoms with Gasteiger partial charge in [-0.1, -0.05) is 31.8 Å². The molecule has 1 saturated carbocycles. The van der Waals surface area contributed by atoms with Gasteiger partial charge in [0.1, 0.15) is 0 Å². The number of nitrogens with zero attached hydrogens (tertiary/aromatic N) is 1. The molecule has 0 bridgehead atoms. The van der Waals surface area contributed by atoms with E-state index in [0.29, 0.717) is 24.0 Å². The first-order valence-corrected chi connectivity index (χ1v) is 6.82. The second-order valence-electron chi connectivity index (χ2n) is 5.47. The van der Waals surface area contributed by atoms with Crippen LogP contribution in [-0.2, 0) is 4.79 Å². The average molecular weight is 237 g/mol. The number of hydrogen-bond donors (Lipinski definition) is 1. The molecule has 1 fully saturated rings. The maximum Gasteiger partial charge on any atom is 0.331 e. The third-order valence-electron chi connectivity index (χ3n) is 4.27. The van der Waals surface area contributed by atoms with Crippen molar-refractivity contribution in [2.45, 2.75) is 51.0 Å². The van der Waals surface area contributed by atoms with Crippen LogP contribution in [-0.4, -0.2) is 35.6 Å². The molecule has 3 nitrogen and oxygen atoms in total. The van der Waals surface area contributed by atoms with Crippen molar-refractivity contribution in [2.75, 3.05) is 13.6 Å². The van der Waals surface area contributed by atoms with E-state index in [1.54, 1.807) is 0 Å². The zero-order valence-corrected chi connectivity index (χ0v) is 10.7. The van der Waals surface area contributed by atoms with Gasteiger partial charge in [0.05, 0.1) is 0 Å². The molecule has 1 aliphatic carbocycles. The van der Waals surface area contributed by atoms with Crippen LogP contribution in [0.2, 0.25) is 0 Å². The Labute approximate surface area is 103 Å². The molecule has 0 spiro atoms. The summed E-state index contributed by atoms with van der Waals surface area (Å²) in [5.41, 5.74) is 0.623. The van der Waals surface area contributed by atoms with Crippen LogP contribution in [0.1, 0.15) is 44.9 Å². The topological polar surface area (TPSA) is 40.5 Å². The summed E-state index contributed by atoms with van der Waals surface area (Å²) in [6.07, 6.45) is 10.6. The van der Waals surface area contributed by atoms with Gasteiger partial charge in [-0.15, -0.1) is 0 Å².